The van der Waals surface area contributed by atoms with E-state index in [-0.39, 0.29) is 24.4 Å². The van der Waals surface area contributed by atoms with Crippen LogP contribution in [-0.2, 0) is 14.4 Å². The Bertz CT molecular complexity index is 692. The van der Waals surface area contributed by atoms with Gasteiger partial charge in [-0.1, -0.05) is 62.2 Å². The van der Waals surface area contributed by atoms with Gasteiger partial charge in [-0.2, -0.15) is 0 Å². The molecule has 0 fully saturated rings. The van der Waals surface area contributed by atoms with E-state index in [2.05, 4.69) is 5.32 Å². The lowest BCUT2D eigenvalue weighted by atomic mass is 9.99. The van der Waals surface area contributed by atoms with Gasteiger partial charge in [0.25, 0.3) is 0 Å². The van der Waals surface area contributed by atoms with Crippen LogP contribution in [0, 0.1) is 5.92 Å². The number of hydrogen-bond acceptors (Lipinski definition) is 4. The summed E-state index contributed by atoms with van der Waals surface area (Å²) in [7, 11) is 0. The molecule has 1 aromatic rings. The first kappa shape index (κ1) is 21.6. The van der Waals surface area contributed by atoms with Crippen LogP contribution >= 0.6 is 0 Å². The van der Waals surface area contributed by atoms with Crippen molar-refractivity contribution >= 4 is 18.2 Å². The number of amides is 3. The van der Waals surface area contributed by atoms with Gasteiger partial charge >= 0.3 is 0 Å². The Kier molecular flexibility index (Phi) is 8.19. The molecule has 1 aliphatic rings. The zero-order valence-corrected chi connectivity index (χ0v) is 16.5. The van der Waals surface area contributed by atoms with Crippen molar-refractivity contribution in [2.75, 3.05) is 13.1 Å². The second kappa shape index (κ2) is 10.6. The van der Waals surface area contributed by atoms with E-state index < -0.39 is 12.0 Å². The maximum absolute atomic E-state index is 13.0. The summed E-state index contributed by atoms with van der Waals surface area (Å²) in [6, 6.07) is 8.75. The molecule has 3 amide bonds. The van der Waals surface area contributed by atoms with Crippen molar-refractivity contribution in [3.8, 4) is 0 Å². The number of carbonyl (C=O) groups is 3. The van der Waals surface area contributed by atoms with Crippen molar-refractivity contribution < 1.29 is 19.6 Å². The second-order valence-corrected chi connectivity index (χ2v) is 7.07. The second-order valence-electron chi connectivity index (χ2n) is 7.07. The van der Waals surface area contributed by atoms with E-state index in [4.69, 9.17) is 0 Å². The van der Waals surface area contributed by atoms with Crippen molar-refractivity contribution in [3.05, 3.63) is 48.0 Å². The molecule has 0 saturated heterocycles. The zero-order chi connectivity index (χ0) is 20.5. The van der Waals surface area contributed by atoms with Gasteiger partial charge in [0.1, 0.15) is 6.04 Å². The fourth-order valence-electron chi connectivity index (χ4n) is 3.35. The van der Waals surface area contributed by atoms with Crippen LogP contribution in [0.25, 0.3) is 0 Å². The van der Waals surface area contributed by atoms with Gasteiger partial charge < -0.3 is 10.2 Å². The van der Waals surface area contributed by atoms with Gasteiger partial charge in [-0.3, -0.25) is 19.6 Å². The summed E-state index contributed by atoms with van der Waals surface area (Å²) >= 11 is 0. The van der Waals surface area contributed by atoms with E-state index in [1.54, 1.807) is 12.2 Å². The topological polar surface area (TPSA) is 90.0 Å². The molecule has 1 aromatic carbocycles. The van der Waals surface area contributed by atoms with Gasteiger partial charge in [0.2, 0.25) is 18.2 Å². The minimum Gasteiger partial charge on any atom is -0.348 e. The van der Waals surface area contributed by atoms with E-state index in [1.165, 1.54) is 4.90 Å². The molecule has 0 unspecified atom stereocenters. The first-order chi connectivity index (χ1) is 13.5. The molecule has 0 saturated carbocycles. The highest BCUT2D eigenvalue weighted by Crippen LogP contribution is 2.20. The van der Waals surface area contributed by atoms with Gasteiger partial charge in [-0.25, -0.2) is 5.06 Å². The number of unbranched alkanes of at least 4 members (excludes halogenated alkanes) is 1. The maximum Gasteiger partial charge on any atom is 0.247 e. The highest BCUT2D eigenvalue weighted by atomic mass is 16.5. The lowest BCUT2D eigenvalue weighted by molar-refractivity contribution is -0.157. The van der Waals surface area contributed by atoms with Gasteiger partial charge in [0, 0.05) is 6.54 Å². The molecule has 3 atom stereocenters. The number of hydrogen-bond donors (Lipinski definition) is 2. The van der Waals surface area contributed by atoms with E-state index >= 15 is 0 Å². The number of hydroxylamine groups is 2. The SMILES string of the molecule is CCCC[C@H](CN(O)C=O)C(=O)N1CC=C[C@H]1C(=O)N[C@H](C)c1ccccc1. The van der Waals surface area contributed by atoms with Crippen LogP contribution < -0.4 is 5.32 Å². The summed E-state index contributed by atoms with van der Waals surface area (Å²) in [6.07, 6.45) is 6.05. The molecule has 2 rings (SSSR count). The molecule has 28 heavy (non-hydrogen) atoms. The molecule has 0 radical (unpaired) electrons. The number of nitrogens with zero attached hydrogens (tertiary/aromatic N) is 2. The average molecular weight is 387 g/mol. The molecular weight excluding hydrogens is 358 g/mol. The molecule has 2 N–H and O–H groups in total. The van der Waals surface area contributed by atoms with Crippen LogP contribution in [-0.4, -0.2) is 52.5 Å². The standard InChI is InChI=1S/C21H29N3O4/c1-3-4-9-18(14-23(28)15-25)21(27)24-13-8-12-19(24)20(26)22-16(2)17-10-6-5-7-11-17/h5-8,10-12,15-16,18-19,28H,3-4,9,13-14H2,1-2H3,(H,22,26)/t16-,18-,19+/m1/s1. The molecule has 7 heteroatoms. The van der Waals surface area contributed by atoms with Crippen LogP contribution in [0.3, 0.4) is 0 Å². The summed E-state index contributed by atoms with van der Waals surface area (Å²) < 4.78 is 0. The number of rotatable bonds is 10. The molecule has 0 spiro atoms. The highest BCUT2D eigenvalue weighted by molar-refractivity contribution is 5.91. The Morgan fingerprint density at radius 1 is 1.36 bits per heavy atom. The Labute approximate surface area is 166 Å². The Morgan fingerprint density at radius 3 is 2.71 bits per heavy atom. The summed E-state index contributed by atoms with van der Waals surface area (Å²) in [5, 5.41) is 13.0. The maximum atomic E-state index is 13.0. The smallest absolute Gasteiger partial charge is 0.247 e. The molecule has 152 valence electrons. The molecule has 0 aromatic heterocycles. The van der Waals surface area contributed by atoms with Gasteiger partial charge in [-0.05, 0) is 18.9 Å². The molecule has 1 heterocycles. The summed E-state index contributed by atoms with van der Waals surface area (Å²) in [6.45, 7) is 4.17. The third-order valence-corrected chi connectivity index (χ3v) is 4.95. The molecular formula is C21H29N3O4. The number of nitrogens with one attached hydrogen (secondary N) is 1. The molecule has 0 aliphatic carbocycles. The predicted molar refractivity (Wildman–Crippen MR) is 105 cm³/mol. The Morgan fingerprint density at radius 2 is 2.07 bits per heavy atom. The van der Waals surface area contributed by atoms with Crippen molar-refractivity contribution in [2.45, 2.75) is 45.2 Å². The minimum absolute atomic E-state index is 0.0758. The minimum atomic E-state index is -0.689. The van der Waals surface area contributed by atoms with Crippen molar-refractivity contribution in [3.63, 3.8) is 0 Å². The first-order valence-corrected chi connectivity index (χ1v) is 9.71. The Balaban J connectivity index is 2.05. The van der Waals surface area contributed by atoms with Crippen LogP contribution in [0.1, 0.15) is 44.7 Å². The predicted octanol–water partition coefficient (Wildman–Crippen LogP) is 2.28. The lowest BCUT2D eigenvalue weighted by Crippen LogP contribution is -2.49. The normalized spacial score (nSPS) is 17.8. The third-order valence-electron chi connectivity index (χ3n) is 4.95. The van der Waals surface area contributed by atoms with Crippen LogP contribution in [0.2, 0.25) is 0 Å². The van der Waals surface area contributed by atoms with Crippen LogP contribution in [0.15, 0.2) is 42.5 Å². The van der Waals surface area contributed by atoms with E-state index in [0.717, 1.165) is 18.4 Å². The van der Waals surface area contributed by atoms with Crippen molar-refractivity contribution in [2.24, 2.45) is 5.92 Å². The monoisotopic (exact) mass is 387 g/mol. The van der Waals surface area contributed by atoms with E-state index in [9.17, 15) is 19.6 Å². The summed E-state index contributed by atoms with van der Waals surface area (Å²) in [5.74, 6) is -1.02. The van der Waals surface area contributed by atoms with Gasteiger partial charge in [0.15, 0.2) is 0 Å². The van der Waals surface area contributed by atoms with Crippen LogP contribution in [0.4, 0.5) is 0 Å². The third kappa shape index (κ3) is 5.66. The largest absolute Gasteiger partial charge is 0.348 e. The fraction of sp³-hybridized carbons (Fsp3) is 0.476. The van der Waals surface area contributed by atoms with Gasteiger partial charge in [-0.15, -0.1) is 0 Å². The summed E-state index contributed by atoms with van der Waals surface area (Å²) in [5.41, 5.74) is 0.985. The molecule has 7 nitrogen and oxygen atoms in total. The lowest BCUT2D eigenvalue weighted by Gasteiger charge is -2.30. The Hall–Kier alpha value is -2.67. The van der Waals surface area contributed by atoms with Gasteiger partial charge in [0.05, 0.1) is 18.5 Å². The first-order valence-electron chi connectivity index (χ1n) is 9.71. The molecule has 0 bridgehead atoms. The number of carbonyl (C=O) groups excluding carboxylic acids is 3. The van der Waals surface area contributed by atoms with E-state index in [1.807, 2.05) is 44.2 Å². The fourth-order valence-corrected chi connectivity index (χ4v) is 3.35. The summed E-state index contributed by atoms with van der Waals surface area (Å²) in [4.78, 5) is 38.1. The highest BCUT2D eigenvalue weighted by Gasteiger charge is 2.35. The van der Waals surface area contributed by atoms with Crippen molar-refractivity contribution in [1.82, 2.24) is 15.3 Å². The zero-order valence-electron chi connectivity index (χ0n) is 16.5. The van der Waals surface area contributed by atoms with Crippen molar-refractivity contribution in [1.29, 1.82) is 0 Å². The quantitative estimate of drug-likeness (QED) is 0.279. The number of benzene rings is 1. The van der Waals surface area contributed by atoms with Crippen LogP contribution in [0.5, 0.6) is 0 Å². The molecule has 1 aliphatic heterocycles. The van der Waals surface area contributed by atoms with E-state index in [0.29, 0.717) is 24.4 Å². The average Bonchev–Trinajstić information content (AvgIpc) is 3.21.